The van der Waals surface area contributed by atoms with E-state index < -0.39 is 0 Å². The molecule has 2 aromatic rings. The minimum absolute atomic E-state index is 0.184. The van der Waals surface area contributed by atoms with Gasteiger partial charge < -0.3 is 10.6 Å². The highest BCUT2D eigenvalue weighted by Crippen LogP contribution is 2.29. The summed E-state index contributed by atoms with van der Waals surface area (Å²) in [5.41, 5.74) is 3.03. The Morgan fingerprint density at radius 1 is 1.23 bits per heavy atom. The monoisotopic (exact) mass is 378 g/mol. The molecule has 0 spiro atoms. The topological polar surface area (TPSA) is 24.1 Å². The summed E-state index contributed by atoms with van der Waals surface area (Å²) >= 11 is 8.58. The van der Waals surface area contributed by atoms with Crippen LogP contribution in [0, 0.1) is 5.82 Å². The third-order valence-electron chi connectivity index (χ3n) is 3.85. The highest BCUT2D eigenvalue weighted by molar-refractivity contribution is 9.10. The van der Waals surface area contributed by atoms with Crippen molar-refractivity contribution in [3.63, 3.8) is 0 Å². The molecule has 2 aromatic carbocycles. The Bertz CT molecular complexity index is 705. The van der Waals surface area contributed by atoms with E-state index in [0.717, 1.165) is 19.3 Å². The summed E-state index contributed by atoms with van der Waals surface area (Å²) in [5, 5.41) is 6.69. The lowest BCUT2D eigenvalue weighted by Crippen LogP contribution is -2.34. The van der Waals surface area contributed by atoms with Crippen molar-refractivity contribution in [2.75, 3.05) is 5.32 Å². The molecule has 2 N–H and O–H groups in total. The second-order valence-electron chi connectivity index (χ2n) is 5.37. The number of thiocarbonyl (C=S) groups is 1. The van der Waals surface area contributed by atoms with Crippen LogP contribution in [-0.4, -0.2) is 5.11 Å². The molecule has 0 bridgehead atoms. The largest absolute Gasteiger partial charge is 0.356 e. The third-order valence-corrected chi connectivity index (χ3v) is 4.57. The molecule has 0 fully saturated rings. The first kappa shape index (κ1) is 15.4. The van der Waals surface area contributed by atoms with Crippen molar-refractivity contribution in [2.24, 2.45) is 0 Å². The Labute approximate surface area is 143 Å². The molecular formula is C17H16BrFN2S. The number of halogens is 2. The van der Waals surface area contributed by atoms with Crippen molar-refractivity contribution >= 4 is 38.9 Å². The van der Waals surface area contributed by atoms with Gasteiger partial charge in [0.15, 0.2) is 5.11 Å². The van der Waals surface area contributed by atoms with Gasteiger partial charge in [-0.1, -0.05) is 40.2 Å². The molecule has 0 amide bonds. The van der Waals surface area contributed by atoms with Gasteiger partial charge in [-0.25, -0.2) is 4.39 Å². The maximum atomic E-state index is 13.8. The molecule has 1 aliphatic carbocycles. The van der Waals surface area contributed by atoms with Crippen LogP contribution in [0.1, 0.15) is 30.0 Å². The van der Waals surface area contributed by atoms with Gasteiger partial charge in [-0.05, 0) is 60.8 Å². The average Bonchev–Trinajstić information content (AvgIpc) is 2.50. The van der Waals surface area contributed by atoms with Gasteiger partial charge in [-0.15, -0.1) is 0 Å². The Morgan fingerprint density at radius 2 is 2.05 bits per heavy atom. The first-order chi connectivity index (χ1) is 10.6. The third kappa shape index (κ3) is 3.47. The van der Waals surface area contributed by atoms with Gasteiger partial charge in [0.2, 0.25) is 0 Å². The zero-order valence-electron chi connectivity index (χ0n) is 11.9. The zero-order chi connectivity index (χ0) is 15.5. The Morgan fingerprint density at radius 3 is 2.86 bits per heavy atom. The van der Waals surface area contributed by atoms with Crippen LogP contribution in [0.2, 0.25) is 0 Å². The molecule has 1 atom stereocenters. The number of nitrogens with one attached hydrogen (secondary N) is 2. The fraction of sp³-hybridized carbons (Fsp3) is 0.235. The van der Waals surface area contributed by atoms with Crippen molar-refractivity contribution < 1.29 is 4.39 Å². The van der Waals surface area contributed by atoms with E-state index >= 15 is 0 Å². The summed E-state index contributed by atoms with van der Waals surface area (Å²) in [5.74, 6) is -0.331. The molecule has 1 aliphatic rings. The Hall–Kier alpha value is -1.46. The molecule has 114 valence electrons. The molecule has 0 heterocycles. The lowest BCUT2D eigenvalue weighted by Gasteiger charge is -2.27. The summed E-state index contributed by atoms with van der Waals surface area (Å²) in [6, 6.07) is 13.5. The number of aryl methyl sites for hydroxylation is 1. The van der Waals surface area contributed by atoms with E-state index in [1.807, 2.05) is 6.07 Å². The summed E-state index contributed by atoms with van der Waals surface area (Å²) in [6.07, 6.45) is 3.27. The highest BCUT2D eigenvalue weighted by Gasteiger charge is 2.20. The normalized spacial score (nSPS) is 16.7. The van der Waals surface area contributed by atoms with E-state index in [4.69, 9.17) is 12.2 Å². The van der Waals surface area contributed by atoms with E-state index in [0.29, 0.717) is 15.3 Å². The molecule has 0 aliphatic heterocycles. The van der Waals surface area contributed by atoms with Gasteiger partial charge in [0.1, 0.15) is 5.82 Å². The van der Waals surface area contributed by atoms with Crippen LogP contribution in [0.15, 0.2) is 46.9 Å². The van der Waals surface area contributed by atoms with Crippen LogP contribution >= 0.6 is 28.1 Å². The number of hydrogen-bond donors (Lipinski definition) is 2. The number of fused-ring (bicyclic) bond motifs is 1. The van der Waals surface area contributed by atoms with Gasteiger partial charge in [0.05, 0.1) is 11.7 Å². The van der Waals surface area contributed by atoms with Gasteiger partial charge in [0.25, 0.3) is 0 Å². The Balaban J connectivity index is 1.70. The van der Waals surface area contributed by atoms with Gasteiger partial charge >= 0.3 is 0 Å². The number of benzene rings is 2. The molecule has 2 nitrogen and oxygen atoms in total. The molecule has 0 saturated heterocycles. The van der Waals surface area contributed by atoms with E-state index in [1.54, 1.807) is 12.1 Å². The van der Waals surface area contributed by atoms with Crippen molar-refractivity contribution in [3.05, 3.63) is 63.9 Å². The Kier molecular flexibility index (Phi) is 4.74. The maximum absolute atomic E-state index is 13.8. The molecule has 22 heavy (non-hydrogen) atoms. The summed E-state index contributed by atoms with van der Waals surface area (Å²) in [7, 11) is 0. The first-order valence-electron chi connectivity index (χ1n) is 7.24. The second kappa shape index (κ2) is 6.75. The first-order valence-corrected chi connectivity index (χ1v) is 8.44. The fourth-order valence-electron chi connectivity index (χ4n) is 2.81. The average molecular weight is 379 g/mol. The van der Waals surface area contributed by atoms with Crippen LogP contribution in [0.5, 0.6) is 0 Å². The van der Waals surface area contributed by atoms with Crippen molar-refractivity contribution in [1.29, 1.82) is 0 Å². The number of anilines is 1. The van der Waals surface area contributed by atoms with E-state index in [1.165, 1.54) is 17.2 Å². The number of rotatable bonds is 2. The smallest absolute Gasteiger partial charge is 0.171 e. The minimum Gasteiger partial charge on any atom is -0.356 e. The van der Waals surface area contributed by atoms with Crippen molar-refractivity contribution in [2.45, 2.75) is 25.3 Å². The molecule has 0 saturated carbocycles. The quantitative estimate of drug-likeness (QED) is 0.722. The highest BCUT2D eigenvalue weighted by atomic mass is 79.9. The molecule has 3 rings (SSSR count). The SMILES string of the molecule is Fc1cc(Br)ccc1NC(=S)N[C@@H]1CCCc2ccccc21. The van der Waals surface area contributed by atoms with Crippen molar-refractivity contribution in [1.82, 2.24) is 5.32 Å². The molecule has 0 unspecified atom stereocenters. The van der Waals surface area contributed by atoms with Crippen LogP contribution in [0.3, 0.4) is 0 Å². The van der Waals surface area contributed by atoms with Gasteiger partial charge in [-0.3, -0.25) is 0 Å². The van der Waals surface area contributed by atoms with Crippen LogP contribution in [0.4, 0.5) is 10.1 Å². The van der Waals surface area contributed by atoms with E-state index in [2.05, 4.69) is 44.8 Å². The van der Waals surface area contributed by atoms with Gasteiger partial charge in [-0.2, -0.15) is 0 Å². The van der Waals surface area contributed by atoms with Crippen LogP contribution in [0.25, 0.3) is 0 Å². The van der Waals surface area contributed by atoms with Crippen molar-refractivity contribution in [3.8, 4) is 0 Å². The lowest BCUT2D eigenvalue weighted by atomic mass is 9.88. The zero-order valence-corrected chi connectivity index (χ0v) is 14.3. The number of hydrogen-bond acceptors (Lipinski definition) is 1. The van der Waals surface area contributed by atoms with Gasteiger partial charge in [0, 0.05) is 4.47 Å². The molecule has 0 aromatic heterocycles. The van der Waals surface area contributed by atoms with E-state index in [9.17, 15) is 4.39 Å². The fourth-order valence-corrected chi connectivity index (χ4v) is 3.40. The predicted octanol–water partition coefficient (Wildman–Crippen LogP) is 4.95. The summed E-state index contributed by atoms with van der Waals surface area (Å²) in [6.45, 7) is 0. The standard InChI is InChI=1S/C17H16BrFN2S/c18-12-8-9-16(14(19)10-12)21-17(22)20-15-7-3-5-11-4-1-2-6-13(11)15/h1-2,4,6,8-10,15H,3,5,7H2,(H2,20,21,22)/t15-/m1/s1. The van der Waals surface area contributed by atoms with E-state index in [-0.39, 0.29) is 11.9 Å². The molecular weight excluding hydrogens is 363 g/mol. The predicted molar refractivity (Wildman–Crippen MR) is 95.6 cm³/mol. The maximum Gasteiger partial charge on any atom is 0.171 e. The second-order valence-corrected chi connectivity index (χ2v) is 6.69. The summed E-state index contributed by atoms with van der Waals surface area (Å²) in [4.78, 5) is 0. The summed E-state index contributed by atoms with van der Waals surface area (Å²) < 4.78 is 14.6. The minimum atomic E-state index is -0.331. The van der Waals surface area contributed by atoms with Crippen LogP contribution in [-0.2, 0) is 6.42 Å². The van der Waals surface area contributed by atoms with Crippen LogP contribution < -0.4 is 10.6 Å². The molecule has 5 heteroatoms. The lowest BCUT2D eigenvalue weighted by molar-refractivity contribution is 0.529. The molecule has 0 radical (unpaired) electrons.